The molecule has 11 heteroatoms. The van der Waals surface area contributed by atoms with Gasteiger partial charge in [-0.2, -0.15) is 0 Å². The van der Waals surface area contributed by atoms with E-state index in [2.05, 4.69) is 21.2 Å². The molecule has 0 aliphatic heterocycles. The number of halogens is 1. The van der Waals surface area contributed by atoms with Crippen LogP contribution in [-0.4, -0.2) is 58.0 Å². The molecule has 3 rings (SSSR count). The summed E-state index contributed by atoms with van der Waals surface area (Å²) in [4.78, 5) is 29.1. The Balaban J connectivity index is 2.09. The molecule has 0 bridgehead atoms. The van der Waals surface area contributed by atoms with Crippen molar-refractivity contribution in [1.82, 2.24) is 10.2 Å². The fraction of sp³-hybridized carbons (Fsp3) is 0.375. The van der Waals surface area contributed by atoms with E-state index in [1.165, 1.54) is 24.1 Å². The minimum absolute atomic E-state index is 0.0190. The molecular weight excluding hydrogens is 634 g/mol. The first-order valence-electron chi connectivity index (χ1n) is 14.1. The SMILES string of the molecule is CC[C@H](C(=O)N[C@@H](C)CC)N(Cc1cccc(OC)c1)C(=O)CN(c1ccc(C)cc1)S(=O)(=O)c1ccc(OC)c(Br)c1. The first kappa shape index (κ1) is 33.9. The number of carbonyl (C=O) groups is 2. The summed E-state index contributed by atoms with van der Waals surface area (Å²) in [5.74, 6) is 0.262. The smallest absolute Gasteiger partial charge is 0.264 e. The van der Waals surface area contributed by atoms with E-state index in [0.29, 0.717) is 28.1 Å². The Morgan fingerprint density at radius 3 is 2.23 bits per heavy atom. The van der Waals surface area contributed by atoms with E-state index < -0.39 is 28.5 Å². The van der Waals surface area contributed by atoms with E-state index in [9.17, 15) is 18.0 Å². The zero-order valence-electron chi connectivity index (χ0n) is 25.5. The number of nitrogens with one attached hydrogen (secondary N) is 1. The number of carbonyl (C=O) groups excluding carboxylic acids is 2. The molecule has 0 aromatic heterocycles. The van der Waals surface area contributed by atoms with Crippen molar-refractivity contribution in [1.29, 1.82) is 0 Å². The van der Waals surface area contributed by atoms with Crippen LogP contribution < -0.4 is 19.1 Å². The largest absolute Gasteiger partial charge is 0.497 e. The lowest BCUT2D eigenvalue weighted by Crippen LogP contribution is -2.53. The molecule has 0 spiro atoms. The van der Waals surface area contributed by atoms with Crippen LogP contribution in [0.1, 0.15) is 44.7 Å². The van der Waals surface area contributed by atoms with Gasteiger partial charge in [-0.3, -0.25) is 13.9 Å². The Bertz CT molecular complexity index is 1510. The zero-order valence-corrected chi connectivity index (χ0v) is 27.9. The third-order valence-electron chi connectivity index (χ3n) is 7.19. The summed E-state index contributed by atoms with van der Waals surface area (Å²) in [6, 6.07) is 17.7. The molecule has 3 aromatic rings. The van der Waals surface area contributed by atoms with Crippen molar-refractivity contribution in [3.05, 3.63) is 82.3 Å². The number of anilines is 1. The molecule has 43 heavy (non-hydrogen) atoms. The van der Waals surface area contributed by atoms with Crippen molar-refractivity contribution < 1.29 is 27.5 Å². The van der Waals surface area contributed by atoms with E-state index in [4.69, 9.17) is 9.47 Å². The highest BCUT2D eigenvalue weighted by Gasteiger charge is 2.34. The van der Waals surface area contributed by atoms with E-state index >= 15 is 0 Å². The molecule has 0 aliphatic rings. The number of amides is 2. The lowest BCUT2D eigenvalue weighted by Gasteiger charge is -2.33. The third kappa shape index (κ3) is 8.51. The highest BCUT2D eigenvalue weighted by atomic mass is 79.9. The van der Waals surface area contributed by atoms with E-state index in [0.717, 1.165) is 21.9 Å². The topological polar surface area (TPSA) is 105 Å². The van der Waals surface area contributed by atoms with Gasteiger partial charge in [-0.05, 0) is 90.6 Å². The third-order valence-corrected chi connectivity index (χ3v) is 9.58. The molecule has 1 N–H and O–H groups in total. The lowest BCUT2D eigenvalue weighted by atomic mass is 10.1. The molecule has 0 heterocycles. The highest BCUT2D eigenvalue weighted by Crippen LogP contribution is 2.31. The molecule has 232 valence electrons. The first-order chi connectivity index (χ1) is 20.4. The Hall–Kier alpha value is -3.57. The second kappa shape index (κ2) is 15.2. The summed E-state index contributed by atoms with van der Waals surface area (Å²) in [5.41, 5.74) is 2.00. The molecule has 0 saturated heterocycles. The van der Waals surface area contributed by atoms with Crippen LogP contribution >= 0.6 is 15.9 Å². The standard InChI is InChI=1S/C32H40BrN3O6S/c1-7-23(4)34-32(38)29(8-2)35(20-24-10-9-11-26(18-24)41-5)31(37)21-36(25-14-12-22(3)13-15-25)43(39,40)27-16-17-30(42-6)28(33)19-27/h9-19,23,29H,7-8,20-21H2,1-6H3,(H,34,38)/t23-,29+/m0/s1. The maximum absolute atomic E-state index is 14.2. The van der Waals surface area contributed by atoms with Gasteiger partial charge in [0, 0.05) is 12.6 Å². The fourth-order valence-corrected chi connectivity index (χ4v) is 6.64. The normalized spacial score (nSPS) is 12.6. The van der Waals surface area contributed by atoms with Gasteiger partial charge in [-0.25, -0.2) is 8.42 Å². The number of rotatable bonds is 14. The number of benzene rings is 3. The van der Waals surface area contributed by atoms with Gasteiger partial charge >= 0.3 is 0 Å². The van der Waals surface area contributed by atoms with E-state index in [-0.39, 0.29) is 23.4 Å². The van der Waals surface area contributed by atoms with E-state index in [1.54, 1.807) is 49.6 Å². The zero-order chi connectivity index (χ0) is 31.7. The van der Waals surface area contributed by atoms with Crippen molar-refractivity contribution >= 4 is 43.5 Å². The summed E-state index contributed by atoms with van der Waals surface area (Å²) in [6.07, 6.45) is 1.06. The van der Waals surface area contributed by atoms with Crippen LogP contribution in [0, 0.1) is 6.92 Å². The van der Waals surface area contributed by atoms with Crippen molar-refractivity contribution in [3.63, 3.8) is 0 Å². The van der Waals surface area contributed by atoms with Gasteiger partial charge in [-0.15, -0.1) is 0 Å². The van der Waals surface area contributed by atoms with Gasteiger partial charge in [0.1, 0.15) is 24.1 Å². The Morgan fingerprint density at radius 2 is 1.65 bits per heavy atom. The Morgan fingerprint density at radius 1 is 0.953 bits per heavy atom. The van der Waals surface area contributed by atoms with Crippen LogP contribution in [0.4, 0.5) is 5.69 Å². The van der Waals surface area contributed by atoms with Gasteiger partial charge in [0.05, 0.1) is 29.3 Å². The summed E-state index contributed by atoms with van der Waals surface area (Å²) in [5, 5.41) is 2.98. The maximum Gasteiger partial charge on any atom is 0.264 e. The van der Waals surface area contributed by atoms with Crippen LogP contribution in [0.15, 0.2) is 76.1 Å². The number of hydrogen-bond acceptors (Lipinski definition) is 6. The van der Waals surface area contributed by atoms with Gasteiger partial charge < -0.3 is 19.7 Å². The molecular formula is C32H40BrN3O6S. The van der Waals surface area contributed by atoms with E-state index in [1.807, 2.05) is 39.8 Å². The van der Waals surface area contributed by atoms with Crippen LogP contribution in [0.3, 0.4) is 0 Å². The van der Waals surface area contributed by atoms with Gasteiger partial charge in [0.25, 0.3) is 10.0 Å². The quantitative estimate of drug-likeness (QED) is 0.236. The fourth-order valence-electron chi connectivity index (χ4n) is 4.50. The Labute approximate surface area is 263 Å². The monoisotopic (exact) mass is 673 g/mol. The van der Waals surface area contributed by atoms with Crippen molar-refractivity contribution in [2.24, 2.45) is 0 Å². The number of sulfonamides is 1. The molecule has 2 amide bonds. The average molecular weight is 675 g/mol. The van der Waals surface area contributed by atoms with Crippen LogP contribution in [0.25, 0.3) is 0 Å². The molecule has 0 aliphatic carbocycles. The first-order valence-corrected chi connectivity index (χ1v) is 16.3. The minimum atomic E-state index is -4.22. The summed E-state index contributed by atoms with van der Waals surface area (Å²) in [6.45, 7) is 7.15. The van der Waals surface area contributed by atoms with Crippen molar-refractivity contribution in [3.8, 4) is 11.5 Å². The molecule has 9 nitrogen and oxygen atoms in total. The number of methoxy groups -OCH3 is 2. The average Bonchev–Trinajstić information content (AvgIpc) is 3.00. The predicted molar refractivity (Wildman–Crippen MR) is 172 cm³/mol. The molecule has 0 fully saturated rings. The van der Waals surface area contributed by atoms with Gasteiger partial charge in [-0.1, -0.05) is 43.7 Å². The summed E-state index contributed by atoms with van der Waals surface area (Å²) >= 11 is 3.37. The molecule has 0 saturated carbocycles. The number of ether oxygens (including phenoxy) is 2. The maximum atomic E-state index is 14.2. The van der Waals surface area contributed by atoms with Crippen molar-refractivity contribution in [2.45, 2.75) is 64.1 Å². The second-order valence-corrected chi connectivity index (χ2v) is 13.0. The highest BCUT2D eigenvalue weighted by molar-refractivity contribution is 9.10. The summed E-state index contributed by atoms with van der Waals surface area (Å²) in [7, 11) is -1.18. The minimum Gasteiger partial charge on any atom is -0.497 e. The van der Waals surface area contributed by atoms with Gasteiger partial charge in [0.15, 0.2) is 0 Å². The van der Waals surface area contributed by atoms with Gasteiger partial charge in [0.2, 0.25) is 11.8 Å². The lowest BCUT2D eigenvalue weighted by molar-refractivity contribution is -0.140. The van der Waals surface area contributed by atoms with Crippen LogP contribution in [0.2, 0.25) is 0 Å². The molecule has 0 unspecified atom stereocenters. The number of hydrogen-bond donors (Lipinski definition) is 1. The van der Waals surface area contributed by atoms with Crippen LogP contribution in [-0.2, 0) is 26.2 Å². The molecule has 3 aromatic carbocycles. The molecule has 0 radical (unpaired) electrons. The van der Waals surface area contributed by atoms with Crippen molar-refractivity contribution in [2.75, 3.05) is 25.1 Å². The number of aryl methyl sites for hydroxylation is 1. The molecule has 2 atom stereocenters. The van der Waals surface area contributed by atoms with Crippen LogP contribution in [0.5, 0.6) is 11.5 Å². The second-order valence-electron chi connectivity index (χ2n) is 10.3. The summed E-state index contributed by atoms with van der Waals surface area (Å²) < 4.78 is 40.4. The predicted octanol–water partition coefficient (Wildman–Crippen LogP) is 5.69. The number of nitrogens with zero attached hydrogens (tertiary/aromatic N) is 2. The Kier molecular flexibility index (Phi) is 12.0.